The Hall–Kier alpha value is -2.25. The number of carbonyl (C=O) groups is 1. The van der Waals surface area contributed by atoms with Gasteiger partial charge in [-0.15, -0.1) is 11.3 Å². The maximum atomic E-state index is 13.2. The van der Waals surface area contributed by atoms with Gasteiger partial charge in [0.15, 0.2) is 0 Å². The summed E-state index contributed by atoms with van der Waals surface area (Å²) < 4.78 is 2.96. The lowest BCUT2D eigenvalue weighted by molar-refractivity contribution is -0.126. The number of nitrogens with one attached hydrogen (secondary N) is 2. The number of benzene rings is 1. The zero-order valence-electron chi connectivity index (χ0n) is 14.4. The van der Waals surface area contributed by atoms with Crippen LogP contribution in [0.5, 0.6) is 0 Å². The summed E-state index contributed by atoms with van der Waals surface area (Å²) in [4.78, 5) is 18.0. The van der Waals surface area contributed by atoms with Crippen molar-refractivity contribution in [2.45, 2.75) is 37.1 Å². The first-order valence-electron chi connectivity index (χ1n) is 9.17. The van der Waals surface area contributed by atoms with E-state index in [2.05, 4.69) is 21.8 Å². The summed E-state index contributed by atoms with van der Waals surface area (Å²) in [5.41, 5.74) is 1.23. The van der Waals surface area contributed by atoms with E-state index in [0.717, 1.165) is 41.8 Å². The number of carbonyl (C=O) groups excluding carboxylic acids is 1. The van der Waals surface area contributed by atoms with Crippen molar-refractivity contribution in [3.05, 3.63) is 41.7 Å². The van der Waals surface area contributed by atoms with Gasteiger partial charge in [0.2, 0.25) is 0 Å². The molecule has 0 unspecified atom stereocenters. The van der Waals surface area contributed by atoms with Gasteiger partial charge in [0.05, 0.1) is 15.2 Å². The third-order valence-electron chi connectivity index (χ3n) is 5.39. The quantitative estimate of drug-likeness (QED) is 0.743. The molecule has 134 valence electrons. The van der Waals surface area contributed by atoms with E-state index < -0.39 is 5.54 Å². The first-order valence-corrected chi connectivity index (χ1v) is 9.99. The Bertz CT molecular complexity index is 938. The lowest BCUT2D eigenvalue weighted by Crippen LogP contribution is -2.52. The third-order valence-corrected chi connectivity index (χ3v) is 6.57. The molecule has 6 nitrogen and oxygen atoms in total. The summed E-state index contributed by atoms with van der Waals surface area (Å²) in [7, 11) is 0. The topological polar surface area (TPSA) is 71.8 Å². The SMILES string of the molecule is O=C(Nc1ccc2nc(C3CC3)sc2c1)C1(n2cccn2)CCNCC1. The molecule has 3 heterocycles. The predicted octanol–water partition coefficient (Wildman–Crippen LogP) is 3.09. The Labute approximate surface area is 155 Å². The molecular formula is C19H21N5OS. The van der Waals surface area contributed by atoms with Gasteiger partial charge in [-0.25, -0.2) is 4.98 Å². The number of aromatic nitrogens is 3. The highest BCUT2D eigenvalue weighted by molar-refractivity contribution is 7.18. The number of hydrogen-bond donors (Lipinski definition) is 2. The van der Waals surface area contributed by atoms with Crippen LogP contribution in [0.15, 0.2) is 36.7 Å². The Morgan fingerprint density at radius 2 is 2.15 bits per heavy atom. The second-order valence-electron chi connectivity index (χ2n) is 7.20. The van der Waals surface area contributed by atoms with E-state index in [1.165, 1.54) is 17.8 Å². The van der Waals surface area contributed by atoms with Gasteiger partial charge in [0.1, 0.15) is 5.54 Å². The molecule has 5 rings (SSSR count). The van der Waals surface area contributed by atoms with Gasteiger partial charge >= 0.3 is 0 Å². The summed E-state index contributed by atoms with van der Waals surface area (Å²) in [6.07, 6.45) is 7.59. The summed E-state index contributed by atoms with van der Waals surface area (Å²) in [6, 6.07) is 7.89. The predicted molar refractivity (Wildman–Crippen MR) is 103 cm³/mol. The highest BCUT2D eigenvalue weighted by Crippen LogP contribution is 2.43. The van der Waals surface area contributed by atoms with E-state index in [1.807, 2.05) is 29.1 Å². The molecule has 1 saturated heterocycles. The summed E-state index contributed by atoms with van der Waals surface area (Å²) in [6.45, 7) is 1.62. The van der Waals surface area contributed by atoms with Crippen LogP contribution in [0, 0.1) is 0 Å². The number of anilines is 1. The van der Waals surface area contributed by atoms with E-state index in [1.54, 1.807) is 17.5 Å². The van der Waals surface area contributed by atoms with Crippen LogP contribution in [-0.2, 0) is 10.3 Å². The average molecular weight is 367 g/mol. The van der Waals surface area contributed by atoms with E-state index in [9.17, 15) is 4.79 Å². The van der Waals surface area contributed by atoms with Crippen molar-refractivity contribution in [1.82, 2.24) is 20.1 Å². The molecule has 1 aromatic carbocycles. The van der Waals surface area contributed by atoms with Gasteiger partial charge in [-0.1, -0.05) is 0 Å². The maximum Gasteiger partial charge on any atom is 0.252 e. The number of thiazole rings is 1. The fourth-order valence-electron chi connectivity index (χ4n) is 3.70. The van der Waals surface area contributed by atoms with Crippen molar-refractivity contribution in [3.63, 3.8) is 0 Å². The molecule has 3 aromatic rings. The van der Waals surface area contributed by atoms with Gasteiger partial charge in [0.25, 0.3) is 5.91 Å². The molecule has 2 aliphatic rings. The molecule has 2 N–H and O–H groups in total. The fourth-order valence-corrected chi connectivity index (χ4v) is 4.87. The van der Waals surface area contributed by atoms with Crippen LogP contribution in [0.2, 0.25) is 0 Å². The summed E-state index contributed by atoms with van der Waals surface area (Å²) in [5.74, 6) is 0.664. The minimum atomic E-state index is -0.628. The van der Waals surface area contributed by atoms with Crippen LogP contribution in [0.3, 0.4) is 0 Å². The zero-order valence-corrected chi connectivity index (χ0v) is 15.3. The standard InChI is InChI=1S/C19H21N5OS/c25-18(19(6-9-20-10-7-19)24-11-1-8-21-24)22-14-4-5-15-16(12-14)26-17(23-15)13-2-3-13/h1,4-5,8,11-13,20H,2-3,6-7,9-10H2,(H,22,25). The lowest BCUT2D eigenvalue weighted by Gasteiger charge is -2.36. The van der Waals surface area contributed by atoms with Gasteiger partial charge in [-0.2, -0.15) is 5.10 Å². The Morgan fingerprint density at radius 3 is 2.88 bits per heavy atom. The molecule has 2 fully saturated rings. The minimum absolute atomic E-state index is 0.00832. The van der Waals surface area contributed by atoms with Crippen molar-refractivity contribution in [3.8, 4) is 0 Å². The van der Waals surface area contributed by atoms with Crippen molar-refractivity contribution in [2.75, 3.05) is 18.4 Å². The van der Waals surface area contributed by atoms with E-state index in [-0.39, 0.29) is 5.91 Å². The van der Waals surface area contributed by atoms with E-state index >= 15 is 0 Å². The van der Waals surface area contributed by atoms with Crippen LogP contribution >= 0.6 is 11.3 Å². The molecule has 7 heteroatoms. The number of piperidine rings is 1. The average Bonchev–Trinajstić information content (AvgIpc) is 3.19. The van der Waals surface area contributed by atoms with E-state index in [4.69, 9.17) is 4.98 Å². The van der Waals surface area contributed by atoms with Crippen LogP contribution < -0.4 is 10.6 Å². The van der Waals surface area contributed by atoms with Gasteiger partial charge in [-0.3, -0.25) is 9.48 Å². The number of rotatable bonds is 4. The Balaban J connectivity index is 1.43. The Morgan fingerprint density at radius 1 is 1.31 bits per heavy atom. The normalized spacial score (nSPS) is 19.5. The smallest absolute Gasteiger partial charge is 0.252 e. The highest BCUT2D eigenvalue weighted by atomic mass is 32.1. The molecule has 0 atom stereocenters. The molecular weight excluding hydrogens is 346 g/mol. The van der Waals surface area contributed by atoms with Crippen LogP contribution in [0.4, 0.5) is 5.69 Å². The monoisotopic (exact) mass is 367 g/mol. The van der Waals surface area contributed by atoms with Crippen molar-refractivity contribution < 1.29 is 4.79 Å². The van der Waals surface area contributed by atoms with Crippen LogP contribution in [-0.4, -0.2) is 33.8 Å². The van der Waals surface area contributed by atoms with Crippen LogP contribution in [0.25, 0.3) is 10.2 Å². The third kappa shape index (κ3) is 2.71. The molecule has 1 saturated carbocycles. The second-order valence-corrected chi connectivity index (χ2v) is 8.26. The molecule has 2 aromatic heterocycles. The molecule has 0 spiro atoms. The van der Waals surface area contributed by atoms with Crippen LogP contribution in [0.1, 0.15) is 36.6 Å². The fraction of sp³-hybridized carbons (Fsp3) is 0.421. The summed E-state index contributed by atoms with van der Waals surface area (Å²) in [5, 5.41) is 12.1. The van der Waals surface area contributed by atoms with Crippen molar-refractivity contribution in [1.29, 1.82) is 0 Å². The molecule has 1 aliphatic heterocycles. The number of nitrogens with zero attached hydrogens (tertiary/aromatic N) is 3. The largest absolute Gasteiger partial charge is 0.324 e. The minimum Gasteiger partial charge on any atom is -0.324 e. The molecule has 26 heavy (non-hydrogen) atoms. The maximum absolute atomic E-state index is 13.2. The molecule has 0 radical (unpaired) electrons. The highest BCUT2D eigenvalue weighted by Gasteiger charge is 2.42. The first kappa shape index (κ1) is 16.0. The molecule has 1 aliphatic carbocycles. The van der Waals surface area contributed by atoms with Crippen molar-refractivity contribution >= 4 is 33.1 Å². The lowest BCUT2D eigenvalue weighted by atomic mass is 9.87. The van der Waals surface area contributed by atoms with Gasteiger partial charge < -0.3 is 10.6 Å². The summed E-state index contributed by atoms with van der Waals surface area (Å²) >= 11 is 1.75. The van der Waals surface area contributed by atoms with Gasteiger partial charge in [0, 0.05) is 24.0 Å². The number of hydrogen-bond acceptors (Lipinski definition) is 5. The zero-order chi connectivity index (χ0) is 17.6. The van der Waals surface area contributed by atoms with Gasteiger partial charge in [-0.05, 0) is 63.0 Å². The molecule has 1 amide bonds. The van der Waals surface area contributed by atoms with E-state index in [0.29, 0.717) is 5.92 Å². The van der Waals surface area contributed by atoms with Crippen molar-refractivity contribution in [2.24, 2.45) is 0 Å². The number of amides is 1. The number of fused-ring (bicyclic) bond motifs is 1. The second kappa shape index (κ2) is 6.17. The molecule has 0 bridgehead atoms. The first-order chi connectivity index (χ1) is 12.7. The Kier molecular flexibility index (Phi) is 3.79.